The fraction of sp³-hybridized carbons (Fsp3) is 0. The minimum absolute atomic E-state index is 0.197. The van der Waals surface area contributed by atoms with Crippen LogP contribution >= 0.6 is 11.6 Å². The molecule has 0 spiro atoms. The summed E-state index contributed by atoms with van der Waals surface area (Å²) in [6.07, 6.45) is 1.65. The number of hydrogen-bond donors (Lipinski definition) is 3. The third kappa shape index (κ3) is 2.87. The average molecular weight is 339 g/mol. The zero-order chi connectivity index (χ0) is 16.5. The average Bonchev–Trinajstić information content (AvgIpc) is 2.58. The van der Waals surface area contributed by atoms with Gasteiger partial charge in [-0.25, -0.2) is 20.3 Å². The van der Waals surface area contributed by atoms with Crippen LogP contribution in [-0.4, -0.2) is 15.0 Å². The Hall–Kier alpha value is -3.12. The second-order valence-electron chi connectivity index (χ2n) is 5.31. The van der Waals surface area contributed by atoms with E-state index >= 15 is 0 Å². The van der Waals surface area contributed by atoms with Crippen molar-refractivity contribution in [2.24, 2.45) is 0 Å². The minimum Gasteiger partial charge on any atom is -0.322 e. The number of H-pyrrole nitrogens is 3. The molecular weight excluding hydrogens is 326 g/mol. The van der Waals surface area contributed by atoms with Crippen molar-refractivity contribution in [3.8, 4) is 0 Å². The van der Waals surface area contributed by atoms with Gasteiger partial charge in [-0.3, -0.25) is 4.79 Å². The highest BCUT2D eigenvalue weighted by molar-refractivity contribution is 6.48. The van der Waals surface area contributed by atoms with Gasteiger partial charge in [0.25, 0.3) is 5.56 Å². The maximum atomic E-state index is 12.4. The molecule has 7 heteroatoms. The Labute approximate surface area is 141 Å². The molecule has 0 amide bonds. The molecule has 0 fully saturated rings. The number of aromatic amines is 3. The summed E-state index contributed by atoms with van der Waals surface area (Å²) in [5.74, 6) is 1.11. The van der Waals surface area contributed by atoms with Gasteiger partial charge < -0.3 is 4.98 Å². The molecule has 1 aromatic heterocycles. The van der Waals surface area contributed by atoms with E-state index in [0.29, 0.717) is 33.2 Å². The highest BCUT2D eigenvalue weighted by atomic mass is 35.5. The molecule has 0 radical (unpaired) electrons. The van der Waals surface area contributed by atoms with Gasteiger partial charge in [-0.1, -0.05) is 23.7 Å². The quantitative estimate of drug-likeness (QED) is 0.589. The first-order valence-electron chi connectivity index (χ1n) is 7.31. The van der Waals surface area contributed by atoms with Crippen molar-refractivity contribution in [2.75, 3.05) is 5.32 Å². The molecule has 6 bridgehead atoms. The summed E-state index contributed by atoms with van der Waals surface area (Å²) < 4.78 is 0. The molecule has 0 saturated heterocycles. The lowest BCUT2D eigenvalue weighted by molar-refractivity contribution is -0.331. The van der Waals surface area contributed by atoms with Gasteiger partial charge >= 0.3 is 5.95 Å². The normalized spacial score (nSPS) is 12.3. The van der Waals surface area contributed by atoms with E-state index in [1.807, 2.05) is 30.3 Å². The van der Waals surface area contributed by atoms with Gasteiger partial charge in [-0.15, -0.1) is 0 Å². The fourth-order valence-corrected chi connectivity index (χ4v) is 2.58. The maximum Gasteiger partial charge on any atom is 0.359 e. The van der Waals surface area contributed by atoms with Gasteiger partial charge in [0.05, 0.1) is 11.7 Å². The van der Waals surface area contributed by atoms with Crippen molar-refractivity contribution in [2.45, 2.75) is 0 Å². The summed E-state index contributed by atoms with van der Waals surface area (Å²) in [6, 6.07) is 14.5. The van der Waals surface area contributed by atoms with Crippen LogP contribution in [0.4, 0.5) is 5.95 Å². The smallest absolute Gasteiger partial charge is 0.322 e. The molecule has 4 rings (SSSR count). The Balaban J connectivity index is 2.20. The Morgan fingerprint density at radius 1 is 1.04 bits per heavy atom. The van der Waals surface area contributed by atoms with Crippen LogP contribution in [0.25, 0.3) is 27.0 Å². The molecule has 1 aliphatic heterocycles. The van der Waals surface area contributed by atoms with E-state index in [4.69, 9.17) is 11.6 Å². The van der Waals surface area contributed by atoms with Crippen molar-refractivity contribution in [3.63, 3.8) is 0 Å². The third-order valence-electron chi connectivity index (χ3n) is 3.55. The molecule has 0 atom stereocenters. The van der Waals surface area contributed by atoms with Crippen LogP contribution < -0.4 is 15.9 Å². The Bertz CT molecular complexity index is 1130. The fourth-order valence-electron chi connectivity index (χ4n) is 2.43. The van der Waals surface area contributed by atoms with E-state index in [-0.39, 0.29) is 5.56 Å². The summed E-state index contributed by atoms with van der Waals surface area (Å²) in [5, 5.41) is 3.99. The largest absolute Gasteiger partial charge is 0.359 e. The second kappa shape index (κ2) is 5.82. The van der Waals surface area contributed by atoms with E-state index in [0.717, 1.165) is 5.52 Å². The number of nitrogens with zero attached hydrogens (tertiary/aromatic N) is 1. The zero-order valence-corrected chi connectivity index (χ0v) is 13.2. The van der Waals surface area contributed by atoms with Crippen LogP contribution in [0.1, 0.15) is 5.82 Å². The molecule has 0 saturated carbocycles. The van der Waals surface area contributed by atoms with Gasteiger partial charge in [0.15, 0.2) is 0 Å². The Kier molecular flexibility index (Phi) is 3.51. The van der Waals surface area contributed by atoms with Crippen LogP contribution in [0.2, 0.25) is 0 Å². The summed E-state index contributed by atoms with van der Waals surface area (Å²) in [4.78, 5) is 26.1. The Morgan fingerprint density at radius 2 is 1.92 bits per heavy atom. The Morgan fingerprint density at radius 3 is 2.83 bits per heavy atom. The monoisotopic (exact) mass is 338 g/mol. The summed E-state index contributed by atoms with van der Waals surface area (Å²) >= 11 is 6.20. The van der Waals surface area contributed by atoms with E-state index in [1.165, 1.54) is 0 Å². The zero-order valence-electron chi connectivity index (χ0n) is 12.4. The maximum absolute atomic E-state index is 12.4. The van der Waals surface area contributed by atoms with Gasteiger partial charge in [-0.05, 0) is 30.3 Å². The number of benzene rings is 2. The topological polar surface area (TPSA) is 87.7 Å². The van der Waals surface area contributed by atoms with Gasteiger partial charge in [0.2, 0.25) is 5.82 Å². The summed E-state index contributed by atoms with van der Waals surface area (Å²) in [7, 11) is 0. The van der Waals surface area contributed by atoms with E-state index < -0.39 is 0 Å². The first-order chi connectivity index (χ1) is 11.7. The second-order valence-corrected chi connectivity index (χ2v) is 5.71. The molecule has 2 heterocycles. The third-order valence-corrected chi connectivity index (χ3v) is 3.84. The number of aromatic nitrogens is 4. The number of hydrogen-bond acceptors (Lipinski definition) is 3. The van der Waals surface area contributed by atoms with Crippen molar-refractivity contribution >= 4 is 44.5 Å². The first kappa shape index (κ1) is 14.5. The number of rotatable bonds is 0. The standard InChI is InChI=1S/C17H12ClN5O/c18-14-9-19-17-22-13-6-2-5-12(8-13)21-16(24)10-3-1-4-11(7-10)20-15(14)23-17/h1-9H,(H,21,24)(H2,19,20,22,23)/p+1. The summed E-state index contributed by atoms with van der Waals surface area (Å²) in [6.45, 7) is 0. The molecule has 3 aromatic rings. The van der Waals surface area contributed by atoms with Crippen molar-refractivity contribution in [1.82, 2.24) is 15.0 Å². The lowest BCUT2D eigenvalue weighted by Gasteiger charge is -2.01. The molecular formula is C17H13ClN5O+. The van der Waals surface area contributed by atoms with Gasteiger partial charge in [0, 0.05) is 17.0 Å². The summed E-state index contributed by atoms with van der Waals surface area (Å²) in [5.41, 5.74) is 1.93. The van der Waals surface area contributed by atoms with E-state index in [1.54, 1.807) is 24.4 Å². The lowest BCUT2D eigenvalue weighted by Crippen LogP contribution is -2.14. The molecule has 0 unspecified atom stereocenters. The lowest BCUT2D eigenvalue weighted by atomic mass is 10.2. The van der Waals surface area contributed by atoms with Crippen LogP contribution in [0.15, 0.2) is 59.5 Å². The molecule has 6 nitrogen and oxygen atoms in total. The van der Waals surface area contributed by atoms with Crippen molar-refractivity contribution < 1.29 is 4.98 Å². The number of nitrogens with one attached hydrogen (secondary N) is 4. The first-order valence-corrected chi connectivity index (χ1v) is 7.69. The molecule has 24 heavy (non-hydrogen) atoms. The van der Waals surface area contributed by atoms with Crippen molar-refractivity contribution in [3.05, 3.63) is 70.9 Å². The van der Waals surface area contributed by atoms with Gasteiger partial charge in [-0.2, -0.15) is 0 Å². The predicted molar refractivity (Wildman–Crippen MR) is 94.7 cm³/mol. The minimum atomic E-state index is -0.197. The van der Waals surface area contributed by atoms with Crippen LogP contribution in [0.3, 0.4) is 0 Å². The SMILES string of the molecule is O=c1[nH]c2cccc(c2)[nH+]c2[nH]c(nc3cccc1c3)C(Cl)=CN2. The highest BCUT2D eigenvalue weighted by Gasteiger charge is 2.11. The van der Waals surface area contributed by atoms with Crippen LogP contribution in [0.5, 0.6) is 0 Å². The number of fused-ring (bicyclic) bond motifs is 6. The number of halogens is 1. The van der Waals surface area contributed by atoms with Crippen LogP contribution in [-0.2, 0) is 0 Å². The van der Waals surface area contributed by atoms with E-state index in [2.05, 4.69) is 25.3 Å². The van der Waals surface area contributed by atoms with Crippen LogP contribution in [0, 0.1) is 0 Å². The molecule has 4 N–H and O–H groups in total. The van der Waals surface area contributed by atoms with Crippen molar-refractivity contribution in [1.29, 1.82) is 0 Å². The molecule has 118 valence electrons. The molecule has 2 aromatic carbocycles. The highest BCUT2D eigenvalue weighted by Crippen LogP contribution is 2.17. The van der Waals surface area contributed by atoms with Gasteiger partial charge in [0.1, 0.15) is 10.5 Å². The molecule has 1 aliphatic rings. The number of anilines is 1. The predicted octanol–water partition coefficient (Wildman–Crippen LogP) is 2.87. The molecule has 0 aliphatic carbocycles. The van der Waals surface area contributed by atoms with E-state index in [9.17, 15) is 4.79 Å².